The zero-order valence-corrected chi connectivity index (χ0v) is 16.9. The van der Waals surface area contributed by atoms with Crippen LogP contribution in [0, 0.1) is 19.3 Å². The van der Waals surface area contributed by atoms with E-state index in [1.54, 1.807) is 18.2 Å². The Bertz CT molecular complexity index is 898. The van der Waals surface area contributed by atoms with Crippen LogP contribution in [0.25, 0.3) is 10.4 Å². The van der Waals surface area contributed by atoms with Gasteiger partial charge in [-0.2, -0.15) is 0 Å². The first kappa shape index (κ1) is 21.4. The molecule has 7 heteroatoms. The van der Waals surface area contributed by atoms with Crippen molar-refractivity contribution in [1.82, 2.24) is 10.2 Å². The molecule has 0 aliphatic rings. The Kier molecular flexibility index (Phi) is 8.44. The Hall–Kier alpha value is -2.91. The molecule has 0 radical (unpaired) electrons. The van der Waals surface area contributed by atoms with E-state index in [-0.39, 0.29) is 5.91 Å². The van der Waals surface area contributed by atoms with E-state index in [9.17, 15) is 4.79 Å². The van der Waals surface area contributed by atoms with Gasteiger partial charge in [-0.05, 0) is 49.3 Å². The van der Waals surface area contributed by atoms with Crippen LogP contribution in [0.2, 0.25) is 0 Å². The largest absolute Gasteiger partial charge is 0.351 e. The number of hydrogen-bond donors (Lipinski definition) is 1. The summed E-state index contributed by atoms with van der Waals surface area (Å²) in [5, 5.41) is 6.63. The molecule has 0 atom stereocenters. The summed E-state index contributed by atoms with van der Waals surface area (Å²) >= 11 is 1.49. The predicted octanol–water partition coefficient (Wildman–Crippen LogP) is 4.77. The van der Waals surface area contributed by atoms with Crippen LogP contribution >= 0.6 is 11.8 Å². The summed E-state index contributed by atoms with van der Waals surface area (Å²) in [5.41, 5.74) is 10.9. The van der Waals surface area contributed by atoms with Gasteiger partial charge in [0, 0.05) is 33.4 Å². The van der Waals surface area contributed by atoms with E-state index in [0.717, 1.165) is 16.3 Å². The van der Waals surface area contributed by atoms with Gasteiger partial charge in [0.15, 0.2) is 0 Å². The maximum Gasteiger partial charge on any atom is 0.251 e. The maximum atomic E-state index is 12.4. The van der Waals surface area contributed by atoms with Crippen LogP contribution in [0.5, 0.6) is 0 Å². The lowest BCUT2D eigenvalue weighted by Gasteiger charge is -2.17. The van der Waals surface area contributed by atoms with Crippen LogP contribution in [-0.4, -0.2) is 37.0 Å². The van der Waals surface area contributed by atoms with E-state index >= 15 is 0 Å². The molecule has 1 amide bonds. The molecule has 0 saturated carbocycles. The molecule has 0 heterocycles. The lowest BCUT2D eigenvalue weighted by atomic mass is 10.2. The van der Waals surface area contributed by atoms with Gasteiger partial charge in [-0.1, -0.05) is 47.4 Å². The molecule has 0 aliphatic heterocycles. The summed E-state index contributed by atoms with van der Waals surface area (Å²) < 4.78 is 0. The first-order valence-corrected chi connectivity index (χ1v) is 9.76. The highest BCUT2D eigenvalue weighted by molar-refractivity contribution is 7.99. The Labute approximate surface area is 170 Å². The smallest absolute Gasteiger partial charge is 0.251 e. The third kappa shape index (κ3) is 6.36. The molecule has 144 valence electrons. The predicted molar refractivity (Wildman–Crippen MR) is 114 cm³/mol. The molecule has 2 aromatic rings. The van der Waals surface area contributed by atoms with Crippen LogP contribution in [0.3, 0.4) is 0 Å². The van der Waals surface area contributed by atoms with Gasteiger partial charge < -0.3 is 5.32 Å². The number of carbonyl (C=O) groups excluding carboxylic acids is 1. The molecule has 2 aromatic carbocycles. The van der Waals surface area contributed by atoms with Gasteiger partial charge in [0.2, 0.25) is 0 Å². The molecule has 28 heavy (non-hydrogen) atoms. The van der Waals surface area contributed by atoms with Crippen LogP contribution in [0.1, 0.15) is 22.8 Å². The summed E-state index contributed by atoms with van der Waals surface area (Å²) in [5.74, 6) is 2.39. The van der Waals surface area contributed by atoms with Crippen LogP contribution in [-0.2, 0) is 0 Å². The number of carbonyl (C=O) groups is 1. The summed E-state index contributed by atoms with van der Waals surface area (Å²) in [7, 11) is 0. The Morgan fingerprint density at radius 3 is 2.71 bits per heavy atom. The van der Waals surface area contributed by atoms with Crippen molar-refractivity contribution in [1.29, 1.82) is 0 Å². The third-order valence-corrected chi connectivity index (χ3v) is 5.17. The third-order valence-electron chi connectivity index (χ3n) is 4.10. The molecular formula is C21H23N5OS. The molecule has 0 saturated heterocycles. The van der Waals surface area contributed by atoms with Gasteiger partial charge >= 0.3 is 0 Å². The second-order valence-corrected chi connectivity index (χ2v) is 7.23. The molecule has 0 fully saturated rings. The van der Waals surface area contributed by atoms with Crippen molar-refractivity contribution in [2.24, 2.45) is 5.11 Å². The summed E-state index contributed by atoms with van der Waals surface area (Å²) in [4.78, 5) is 19.2. The minimum Gasteiger partial charge on any atom is -0.351 e. The lowest BCUT2D eigenvalue weighted by Crippen LogP contribution is -2.35. The number of aryl methyl sites for hydroxylation is 1. The highest BCUT2D eigenvalue weighted by Gasteiger charge is 2.11. The van der Waals surface area contributed by atoms with Crippen molar-refractivity contribution in [3.05, 3.63) is 64.0 Å². The van der Waals surface area contributed by atoms with Crippen molar-refractivity contribution in [2.45, 2.75) is 23.6 Å². The van der Waals surface area contributed by atoms with Gasteiger partial charge in [0.05, 0.1) is 12.2 Å². The molecule has 0 unspecified atom stereocenters. The first-order valence-electron chi connectivity index (χ1n) is 8.95. The number of rotatable bonds is 9. The molecule has 0 aliphatic carbocycles. The first-order chi connectivity index (χ1) is 13.6. The fourth-order valence-corrected chi connectivity index (χ4v) is 3.38. The zero-order chi connectivity index (χ0) is 20.4. The summed E-state index contributed by atoms with van der Waals surface area (Å²) in [6.45, 7) is 6.60. The van der Waals surface area contributed by atoms with E-state index in [1.807, 2.05) is 38.1 Å². The highest BCUT2D eigenvalue weighted by atomic mass is 32.2. The number of terminal acetylenes is 1. The van der Waals surface area contributed by atoms with E-state index in [1.165, 1.54) is 17.3 Å². The number of nitrogens with one attached hydrogen (secondary N) is 1. The van der Waals surface area contributed by atoms with E-state index in [4.69, 9.17) is 12.0 Å². The SMILES string of the molecule is C#CCN(CC)CCNC(=O)c1ccc(Sc2ccc(C)cc2)c(N=[N+]=[N-])c1. The molecule has 0 bridgehead atoms. The highest BCUT2D eigenvalue weighted by Crippen LogP contribution is 2.36. The Morgan fingerprint density at radius 2 is 2.07 bits per heavy atom. The van der Waals surface area contributed by atoms with Crippen molar-refractivity contribution < 1.29 is 4.79 Å². The quantitative estimate of drug-likeness (QED) is 0.288. The van der Waals surface area contributed by atoms with Gasteiger partial charge in [0.1, 0.15) is 0 Å². The average molecular weight is 394 g/mol. The van der Waals surface area contributed by atoms with Crippen LogP contribution < -0.4 is 5.32 Å². The topological polar surface area (TPSA) is 81.1 Å². The number of hydrogen-bond acceptors (Lipinski definition) is 4. The molecule has 6 nitrogen and oxygen atoms in total. The molecule has 0 spiro atoms. The van der Waals surface area contributed by atoms with Gasteiger partial charge in [-0.25, -0.2) is 0 Å². The number of azide groups is 1. The fourth-order valence-electron chi connectivity index (χ4n) is 2.51. The summed E-state index contributed by atoms with van der Waals surface area (Å²) in [6.07, 6.45) is 5.33. The second-order valence-electron chi connectivity index (χ2n) is 6.12. The van der Waals surface area contributed by atoms with E-state index < -0.39 is 0 Å². The standard InChI is InChI=1S/C21H23N5OS/c1-4-13-26(5-2)14-12-23-21(27)17-8-11-20(19(15-17)24-25-22)28-18-9-6-16(3)7-10-18/h1,6-11,15H,5,12-14H2,2-3H3,(H,23,27). The fraction of sp³-hybridized carbons (Fsp3) is 0.286. The molecule has 2 rings (SSSR count). The van der Waals surface area contributed by atoms with Gasteiger partial charge in [0.25, 0.3) is 5.91 Å². The Balaban J connectivity index is 2.08. The number of nitrogens with zero attached hydrogens (tertiary/aromatic N) is 4. The zero-order valence-electron chi connectivity index (χ0n) is 16.1. The Morgan fingerprint density at radius 1 is 1.32 bits per heavy atom. The van der Waals surface area contributed by atoms with E-state index in [0.29, 0.717) is 30.9 Å². The second kappa shape index (κ2) is 11.1. The average Bonchev–Trinajstić information content (AvgIpc) is 2.70. The van der Waals surface area contributed by atoms with E-state index in [2.05, 4.69) is 26.2 Å². The normalized spacial score (nSPS) is 10.2. The molecular weight excluding hydrogens is 370 g/mol. The van der Waals surface area contributed by atoms with Crippen LogP contribution in [0.4, 0.5) is 5.69 Å². The number of likely N-dealkylation sites (N-methyl/N-ethyl adjacent to an activating group) is 1. The van der Waals surface area contributed by atoms with Crippen molar-refractivity contribution in [3.63, 3.8) is 0 Å². The number of amides is 1. The monoisotopic (exact) mass is 393 g/mol. The summed E-state index contributed by atoms with van der Waals surface area (Å²) in [6, 6.07) is 13.2. The van der Waals surface area contributed by atoms with Crippen molar-refractivity contribution in [3.8, 4) is 12.3 Å². The van der Waals surface area contributed by atoms with Crippen LogP contribution in [0.15, 0.2) is 57.4 Å². The van der Waals surface area contributed by atoms with Crippen molar-refractivity contribution in [2.75, 3.05) is 26.2 Å². The minimum atomic E-state index is -0.210. The minimum absolute atomic E-state index is 0.210. The molecule has 0 aromatic heterocycles. The van der Waals surface area contributed by atoms with Crippen molar-refractivity contribution >= 4 is 23.4 Å². The molecule has 1 N–H and O–H groups in total. The maximum absolute atomic E-state index is 12.4. The van der Waals surface area contributed by atoms with Gasteiger partial charge in [-0.3, -0.25) is 9.69 Å². The lowest BCUT2D eigenvalue weighted by molar-refractivity contribution is 0.0949. The number of benzene rings is 2. The van der Waals surface area contributed by atoms with Gasteiger partial charge in [-0.15, -0.1) is 6.42 Å².